The van der Waals surface area contributed by atoms with Crippen LogP contribution in [0.5, 0.6) is 0 Å². The number of esters is 1. The highest BCUT2D eigenvalue weighted by atomic mass is 32.2. The fourth-order valence-corrected chi connectivity index (χ4v) is 4.50. The molecule has 0 unspecified atom stereocenters. The largest absolute Gasteiger partial charge is 0.549 e. The van der Waals surface area contributed by atoms with Gasteiger partial charge in [0.25, 0.3) is 0 Å². The monoisotopic (exact) mass is 370 g/mol. The van der Waals surface area contributed by atoms with Gasteiger partial charge in [-0.05, 0) is 37.1 Å². The maximum atomic E-state index is 12.5. The molecule has 0 N–H and O–H groups in total. The van der Waals surface area contributed by atoms with Gasteiger partial charge < -0.3 is 9.16 Å². The minimum absolute atomic E-state index is 0.0276. The molecule has 24 heavy (non-hydrogen) atoms. The van der Waals surface area contributed by atoms with Gasteiger partial charge in [0.05, 0.1) is 12.0 Å². The molecular weight excluding hydrogens is 340 g/mol. The molecule has 0 heterocycles. The average molecular weight is 371 g/mol. The molecule has 0 aromatic heterocycles. The summed E-state index contributed by atoms with van der Waals surface area (Å²) in [5.74, 6) is 1.85. The third kappa shape index (κ3) is 6.47. The van der Waals surface area contributed by atoms with Crippen molar-refractivity contribution < 1.29 is 18.8 Å². The number of carbonyl (C=O) groups excluding carboxylic acids is 2. The SMILES string of the molecule is COC(=O)C=CCCCSC1=C(O[SiH](C)C)[C@@H](C(C)(C)C)CC1=O. The second-order valence-electron chi connectivity index (χ2n) is 7.32. The Morgan fingerprint density at radius 1 is 1.38 bits per heavy atom. The number of ether oxygens (including phenoxy) is 1. The standard InChI is InChI=1S/C18H30O4SSi/c1-18(2,3)13-12-14(19)17(16(13)22-24(5)6)23-11-9-7-8-10-15(20)21-4/h8,10,13,24H,7,9,11-12H2,1-6H3/t13-/m0/s1. The predicted molar refractivity (Wildman–Crippen MR) is 102 cm³/mol. The van der Waals surface area contributed by atoms with Crippen LogP contribution in [0.4, 0.5) is 0 Å². The first-order valence-electron chi connectivity index (χ1n) is 8.48. The molecular formula is C18H30O4SSi. The van der Waals surface area contributed by atoms with E-state index < -0.39 is 9.04 Å². The summed E-state index contributed by atoms with van der Waals surface area (Å²) in [6, 6.07) is 0. The molecule has 0 spiro atoms. The van der Waals surface area contributed by atoms with Crippen LogP contribution in [-0.2, 0) is 18.8 Å². The Morgan fingerprint density at radius 2 is 2.04 bits per heavy atom. The first kappa shape index (κ1) is 21.0. The second-order valence-corrected chi connectivity index (χ2v) is 10.8. The van der Waals surface area contributed by atoms with Crippen LogP contribution in [0.3, 0.4) is 0 Å². The van der Waals surface area contributed by atoms with E-state index >= 15 is 0 Å². The Hall–Kier alpha value is -1.01. The summed E-state index contributed by atoms with van der Waals surface area (Å²) in [5, 5.41) is 0. The number of thioether (sulfide) groups is 1. The zero-order valence-corrected chi connectivity index (χ0v) is 17.7. The smallest absolute Gasteiger partial charge is 0.330 e. The summed E-state index contributed by atoms with van der Waals surface area (Å²) in [5.41, 5.74) is 0.0276. The van der Waals surface area contributed by atoms with Gasteiger partial charge in [0.1, 0.15) is 5.76 Å². The zero-order valence-electron chi connectivity index (χ0n) is 15.7. The van der Waals surface area contributed by atoms with Gasteiger partial charge in [-0.15, -0.1) is 11.8 Å². The molecule has 0 aliphatic heterocycles. The molecule has 0 fully saturated rings. The molecule has 0 aromatic carbocycles. The molecule has 0 radical (unpaired) electrons. The van der Waals surface area contributed by atoms with E-state index in [0.29, 0.717) is 6.42 Å². The summed E-state index contributed by atoms with van der Waals surface area (Å²) in [7, 11) is 0.114. The Morgan fingerprint density at radius 3 is 2.58 bits per heavy atom. The number of methoxy groups -OCH3 is 1. The number of unbranched alkanes of at least 4 members (excludes halogenated alkanes) is 1. The van der Waals surface area contributed by atoms with Gasteiger partial charge in [0.15, 0.2) is 5.78 Å². The molecule has 0 saturated carbocycles. The topological polar surface area (TPSA) is 52.6 Å². The Kier molecular flexibility index (Phi) is 8.29. The van der Waals surface area contributed by atoms with Crippen molar-refractivity contribution in [2.24, 2.45) is 11.3 Å². The van der Waals surface area contributed by atoms with E-state index in [9.17, 15) is 9.59 Å². The van der Waals surface area contributed by atoms with Crippen LogP contribution in [0.15, 0.2) is 22.8 Å². The maximum absolute atomic E-state index is 12.5. The molecule has 136 valence electrons. The fraction of sp³-hybridized carbons (Fsp3) is 0.667. The van der Waals surface area contributed by atoms with E-state index in [-0.39, 0.29) is 23.1 Å². The van der Waals surface area contributed by atoms with Crippen molar-refractivity contribution in [3.63, 3.8) is 0 Å². The highest BCUT2D eigenvalue weighted by molar-refractivity contribution is 8.04. The number of allylic oxidation sites excluding steroid dienone is 3. The van der Waals surface area contributed by atoms with Gasteiger partial charge in [0, 0.05) is 18.4 Å². The number of hydrogen-bond acceptors (Lipinski definition) is 5. The first-order valence-corrected chi connectivity index (χ1v) is 12.2. The molecule has 6 heteroatoms. The van der Waals surface area contributed by atoms with E-state index in [1.807, 2.05) is 6.08 Å². The third-order valence-corrected chi connectivity index (χ3v) is 5.74. The summed E-state index contributed by atoms with van der Waals surface area (Å²) in [4.78, 5) is 24.3. The molecule has 1 rings (SSSR count). The predicted octanol–water partition coefficient (Wildman–Crippen LogP) is 4.08. The lowest BCUT2D eigenvalue weighted by atomic mass is 9.79. The minimum Gasteiger partial charge on any atom is -0.549 e. The lowest BCUT2D eigenvalue weighted by Gasteiger charge is -2.30. The van der Waals surface area contributed by atoms with Crippen molar-refractivity contribution in [3.8, 4) is 0 Å². The minimum atomic E-state index is -1.25. The lowest BCUT2D eigenvalue weighted by molar-refractivity contribution is -0.134. The Bertz CT molecular complexity index is 518. The van der Waals surface area contributed by atoms with Crippen LogP contribution in [0.2, 0.25) is 13.1 Å². The van der Waals surface area contributed by atoms with E-state index in [2.05, 4.69) is 38.6 Å². The van der Waals surface area contributed by atoms with Crippen LogP contribution in [0.25, 0.3) is 0 Å². The highest BCUT2D eigenvalue weighted by Gasteiger charge is 2.40. The van der Waals surface area contributed by atoms with Gasteiger partial charge in [-0.3, -0.25) is 4.79 Å². The van der Waals surface area contributed by atoms with Crippen molar-refractivity contribution in [1.82, 2.24) is 0 Å². The van der Waals surface area contributed by atoms with Crippen LogP contribution in [-0.4, -0.2) is 33.7 Å². The third-order valence-electron chi connectivity index (χ3n) is 3.81. The number of ketones is 1. The Labute approximate surface area is 151 Å². The maximum Gasteiger partial charge on any atom is 0.330 e. The van der Waals surface area contributed by atoms with Crippen LogP contribution in [0.1, 0.15) is 40.0 Å². The summed E-state index contributed by atoms with van der Waals surface area (Å²) in [6.45, 7) is 10.8. The fourth-order valence-electron chi connectivity index (χ4n) is 2.53. The van der Waals surface area contributed by atoms with E-state index in [0.717, 1.165) is 29.3 Å². The van der Waals surface area contributed by atoms with Crippen LogP contribution >= 0.6 is 11.8 Å². The molecule has 0 amide bonds. The van der Waals surface area contributed by atoms with Crippen LogP contribution < -0.4 is 0 Å². The van der Waals surface area contributed by atoms with Crippen molar-refractivity contribution in [2.75, 3.05) is 12.9 Å². The average Bonchev–Trinajstić information content (AvgIpc) is 2.78. The quantitative estimate of drug-likeness (QED) is 0.279. The Balaban J connectivity index is 2.68. The van der Waals surface area contributed by atoms with Gasteiger partial charge in [-0.2, -0.15) is 0 Å². The highest BCUT2D eigenvalue weighted by Crippen LogP contribution is 2.45. The van der Waals surface area contributed by atoms with Gasteiger partial charge >= 0.3 is 5.97 Å². The molecule has 4 nitrogen and oxygen atoms in total. The number of carbonyl (C=O) groups is 2. The van der Waals surface area contributed by atoms with Crippen molar-refractivity contribution in [2.45, 2.75) is 53.1 Å². The van der Waals surface area contributed by atoms with Crippen molar-refractivity contribution >= 4 is 32.6 Å². The zero-order chi connectivity index (χ0) is 18.3. The molecule has 1 aliphatic carbocycles. The molecule has 0 bridgehead atoms. The van der Waals surface area contributed by atoms with E-state index in [1.54, 1.807) is 11.8 Å². The first-order chi connectivity index (χ1) is 11.2. The second kappa shape index (κ2) is 9.46. The van der Waals surface area contributed by atoms with Crippen molar-refractivity contribution in [1.29, 1.82) is 0 Å². The van der Waals surface area contributed by atoms with E-state index in [4.69, 9.17) is 4.43 Å². The normalized spacial score (nSPS) is 18.8. The van der Waals surface area contributed by atoms with E-state index in [1.165, 1.54) is 13.2 Å². The van der Waals surface area contributed by atoms with Gasteiger partial charge in [-0.25, -0.2) is 4.79 Å². The number of rotatable bonds is 8. The molecule has 1 aliphatic rings. The number of Topliss-reactive ketones (excluding diaryl/α,β-unsaturated/α-hetero) is 1. The summed E-state index contributed by atoms with van der Waals surface area (Å²) >= 11 is 1.60. The summed E-state index contributed by atoms with van der Waals surface area (Å²) in [6.07, 6.45) is 5.51. The van der Waals surface area contributed by atoms with Crippen molar-refractivity contribution in [3.05, 3.63) is 22.8 Å². The molecule has 1 atom stereocenters. The van der Waals surface area contributed by atoms with Gasteiger partial charge in [0.2, 0.25) is 9.04 Å². The summed E-state index contributed by atoms with van der Waals surface area (Å²) < 4.78 is 10.7. The van der Waals surface area contributed by atoms with Gasteiger partial charge in [-0.1, -0.05) is 26.8 Å². The lowest BCUT2D eigenvalue weighted by Crippen LogP contribution is -2.24. The number of hydrogen-bond donors (Lipinski definition) is 0. The molecule has 0 saturated heterocycles. The molecule has 0 aromatic rings. The van der Waals surface area contributed by atoms with Crippen LogP contribution in [0, 0.1) is 11.3 Å².